The second-order valence-corrected chi connectivity index (χ2v) is 16.5. The molecule has 10 aromatic rings. The Balaban J connectivity index is 1.30. The summed E-state index contributed by atoms with van der Waals surface area (Å²) in [6, 6.07) is 80.2. The van der Waals surface area contributed by atoms with Crippen LogP contribution in [0.25, 0.3) is 76.8 Å². The van der Waals surface area contributed by atoms with E-state index in [9.17, 15) is 0 Å². The van der Waals surface area contributed by atoms with E-state index in [1.807, 2.05) is 0 Å². The summed E-state index contributed by atoms with van der Waals surface area (Å²) in [4.78, 5) is 2.53. The van der Waals surface area contributed by atoms with Gasteiger partial charge in [-0.05, 0) is 95.4 Å². The maximum atomic E-state index is 2.53. The second kappa shape index (κ2) is 14.9. The molecule has 0 bridgehead atoms. The number of hydrogen-bond acceptors (Lipinski definition) is 1. The Bertz CT molecular complexity index is 3130. The SMILES string of the molecule is CC(C)(C)c1ccc(N(c2ccccc2-c2cccc3c2ccc2ccccc23)c2ccccc2-c2cccc3cccc(-c4ccccc4)c23)c(-c2ccccc2)c1. The average Bonchev–Trinajstić information content (AvgIpc) is 3.29. The Kier molecular flexibility index (Phi) is 9.15. The molecule has 282 valence electrons. The van der Waals surface area contributed by atoms with E-state index in [-0.39, 0.29) is 5.41 Å². The van der Waals surface area contributed by atoms with E-state index >= 15 is 0 Å². The highest BCUT2D eigenvalue weighted by molar-refractivity contribution is 6.14. The van der Waals surface area contributed by atoms with Crippen LogP contribution in [0.5, 0.6) is 0 Å². The summed E-state index contributed by atoms with van der Waals surface area (Å²) in [5.74, 6) is 0. The maximum absolute atomic E-state index is 2.53. The summed E-state index contributed by atoms with van der Waals surface area (Å²) < 4.78 is 0. The van der Waals surface area contributed by atoms with Crippen LogP contribution >= 0.6 is 0 Å². The quantitative estimate of drug-likeness (QED) is 0.146. The summed E-state index contributed by atoms with van der Waals surface area (Å²) in [7, 11) is 0. The summed E-state index contributed by atoms with van der Waals surface area (Å²) >= 11 is 0. The lowest BCUT2D eigenvalue weighted by Crippen LogP contribution is -2.16. The minimum Gasteiger partial charge on any atom is -0.309 e. The smallest absolute Gasteiger partial charge is 0.0540 e. The largest absolute Gasteiger partial charge is 0.309 e. The fourth-order valence-electron chi connectivity index (χ4n) is 8.93. The number of benzene rings is 10. The number of fused-ring (bicyclic) bond motifs is 4. The fraction of sp³-hybridized carbons (Fsp3) is 0.0690. The molecule has 0 saturated carbocycles. The van der Waals surface area contributed by atoms with Crippen molar-refractivity contribution in [1.29, 1.82) is 0 Å². The highest BCUT2D eigenvalue weighted by Gasteiger charge is 2.26. The van der Waals surface area contributed by atoms with Gasteiger partial charge in [-0.1, -0.05) is 215 Å². The van der Waals surface area contributed by atoms with Crippen LogP contribution in [-0.2, 0) is 5.41 Å². The van der Waals surface area contributed by atoms with Crippen LogP contribution in [-0.4, -0.2) is 0 Å². The van der Waals surface area contributed by atoms with Crippen LogP contribution in [0.4, 0.5) is 17.1 Å². The van der Waals surface area contributed by atoms with E-state index in [0.717, 1.165) is 17.1 Å². The Morgan fingerprint density at radius 1 is 0.305 bits per heavy atom. The first-order chi connectivity index (χ1) is 28.9. The van der Waals surface area contributed by atoms with E-state index < -0.39 is 0 Å². The summed E-state index contributed by atoms with van der Waals surface area (Å²) in [6.07, 6.45) is 0. The molecule has 0 radical (unpaired) electrons. The van der Waals surface area contributed by atoms with Crippen LogP contribution < -0.4 is 4.90 Å². The van der Waals surface area contributed by atoms with Gasteiger partial charge < -0.3 is 4.90 Å². The number of anilines is 3. The van der Waals surface area contributed by atoms with E-state index in [2.05, 4.69) is 244 Å². The summed E-state index contributed by atoms with van der Waals surface area (Å²) in [6.45, 7) is 6.90. The number of nitrogens with zero attached hydrogens (tertiary/aromatic N) is 1. The molecule has 1 heteroatoms. The lowest BCUT2D eigenvalue weighted by Gasteiger charge is -2.33. The zero-order valence-electron chi connectivity index (χ0n) is 33.7. The molecular formula is C58H45N. The van der Waals surface area contributed by atoms with Crippen LogP contribution in [0.2, 0.25) is 0 Å². The van der Waals surface area contributed by atoms with E-state index in [0.29, 0.717) is 0 Å². The zero-order chi connectivity index (χ0) is 39.9. The van der Waals surface area contributed by atoms with Gasteiger partial charge in [-0.25, -0.2) is 0 Å². The predicted octanol–water partition coefficient (Wildman–Crippen LogP) is 16.6. The molecule has 59 heavy (non-hydrogen) atoms. The maximum Gasteiger partial charge on any atom is 0.0540 e. The van der Waals surface area contributed by atoms with Crippen molar-refractivity contribution in [2.75, 3.05) is 4.90 Å². The van der Waals surface area contributed by atoms with Gasteiger partial charge in [0.05, 0.1) is 17.1 Å². The molecule has 1 nitrogen and oxygen atoms in total. The molecule has 10 rings (SSSR count). The highest BCUT2D eigenvalue weighted by Crippen LogP contribution is 2.50. The highest BCUT2D eigenvalue weighted by atomic mass is 15.1. The second-order valence-electron chi connectivity index (χ2n) is 16.5. The third kappa shape index (κ3) is 6.55. The lowest BCUT2D eigenvalue weighted by atomic mass is 9.84. The van der Waals surface area contributed by atoms with Crippen LogP contribution in [0.15, 0.2) is 218 Å². The van der Waals surface area contributed by atoms with Crippen molar-refractivity contribution in [3.63, 3.8) is 0 Å². The van der Waals surface area contributed by atoms with Gasteiger partial charge in [-0.15, -0.1) is 0 Å². The van der Waals surface area contributed by atoms with Crippen molar-refractivity contribution in [3.8, 4) is 44.5 Å². The standard InChI is InChI=1S/C58H45N/c1-58(2,3)44-36-38-56(53(39-44)41-21-8-5-9-22-41)59(54-33-14-12-27-50(54)48-31-18-30-47-45-26-11-10-23-42(45)35-37-49(47)48)55-34-15-13-28-51(55)52-32-17-25-43-24-16-29-46(57(43)52)40-19-6-4-7-20-40/h4-39H,1-3H3. The van der Waals surface area contributed by atoms with Gasteiger partial charge in [0.2, 0.25) is 0 Å². The molecule has 0 N–H and O–H groups in total. The molecular weight excluding hydrogens is 711 g/mol. The van der Waals surface area contributed by atoms with E-state index in [4.69, 9.17) is 0 Å². The molecule has 0 saturated heterocycles. The minimum atomic E-state index is -0.0365. The van der Waals surface area contributed by atoms with Crippen molar-refractivity contribution >= 4 is 49.4 Å². The van der Waals surface area contributed by atoms with Gasteiger partial charge in [-0.2, -0.15) is 0 Å². The molecule has 0 heterocycles. The molecule has 0 unspecified atom stereocenters. The zero-order valence-corrected chi connectivity index (χ0v) is 33.7. The van der Waals surface area contributed by atoms with Crippen LogP contribution in [0.1, 0.15) is 26.3 Å². The Labute approximate surface area is 347 Å². The Morgan fingerprint density at radius 2 is 0.797 bits per heavy atom. The van der Waals surface area contributed by atoms with Crippen molar-refractivity contribution < 1.29 is 0 Å². The van der Waals surface area contributed by atoms with Gasteiger partial charge in [-0.3, -0.25) is 0 Å². The van der Waals surface area contributed by atoms with Crippen molar-refractivity contribution in [3.05, 3.63) is 224 Å². The van der Waals surface area contributed by atoms with Crippen LogP contribution in [0.3, 0.4) is 0 Å². The summed E-state index contributed by atoms with van der Waals surface area (Å²) in [5, 5.41) is 7.46. The molecule has 0 aliphatic rings. The molecule has 0 fully saturated rings. The molecule has 0 spiro atoms. The van der Waals surface area contributed by atoms with Crippen LogP contribution in [0, 0.1) is 0 Å². The first kappa shape index (κ1) is 36.1. The van der Waals surface area contributed by atoms with Gasteiger partial charge in [0.15, 0.2) is 0 Å². The lowest BCUT2D eigenvalue weighted by molar-refractivity contribution is 0.590. The average molecular weight is 756 g/mol. The number of hydrogen-bond donors (Lipinski definition) is 0. The van der Waals surface area contributed by atoms with Crippen molar-refractivity contribution in [2.45, 2.75) is 26.2 Å². The molecule has 0 aliphatic carbocycles. The topological polar surface area (TPSA) is 3.24 Å². The number of para-hydroxylation sites is 2. The minimum absolute atomic E-state index is 0.0365. The van der Waals surface area contributed by atoms with Gasteiger partial charge in [0, 0.05) is 16.7 Å². The van der Waals surface area contributed by atoms with Gasteiger partial charge in [0.25, 0.3) is 0 Å². The monoisotopic (exact) mass is 755 g/mol. The summed E-state index contributed by atoms with van der Waals surface area (Å²) in [5.41, 5.74) is 14.2. The van der Waals surface area contributed by atoms with E-state index in [1.165, 1.54) is 82.4 Å². The van der Waals surface area contributed by atoms with Crippen molar-refractivity contribution in [1.82, 2.24) is 0 Å². The molecule has 10 aromatic carbocycles. The van der Waals surface area contributed by atoms with Gasteiger partial charge >= 0.3 is 0 Å². The molecule has 0 aliphatic heterocycles. The molecule has 0 amide bonds. The van der Waals surface area contributed by atoms with E-state index in [1.54, 1.807) is 0 Å². The third-order valence-electron chi connectivity index (χ3n) is 11.8. The Hall–Kier alpha value is -7.22. The molecule has 0 aromatic heterocycles. The van der Waals surface area contributed by atoms with Gasteiger partial charge in [0.1, 0.15) is 0 Å². The normalized spacial score (nSPS) is 11.6. The first-order valence-corrected chi connectivity index (χ1v) is 20.6. The molecule has 0 atom stereocenters. The number of rotatable bonds is 7. The Morgan fingerprint density at radius 3 is 1.49 bits per heavy atom. The fourth-order valence-corrected chi connectivity index (χ4v) is 8.93. The third-order valence-corrected chi connectivity index (χ3v) is 11.8. The predicted molar refractivity (Wildman–Crippen MR) is 254 cm³/mol. The first-order valence-electron chi connectivity index (χ1n) is 20.6. The van der Waals surface area contributed by atoms with Crippen molar-refractivity contribution in [2.24, 2.45) is 0 Å².